The molecule has 23 heavy (non-hydrogen) atoms. The zero-order valence-electron chi connectivity index (χ0n) is 12.2. The third-order valence-electron chi connectivity index (χ3n) is 3.23. The number of aromatic nitrogens is 2. The van der Waals surface area contributed by atoms with Crippen LogP contribution in [-0.2, 0) is 0 Å². The number of phenols is 1. The Labute approximate surface area is 140 Å². The lowest BCUT2D eigenvalue weighted by atomic mass is 10.2. The van der Waals surface area contributed by atoms with Gasteiger partial charge in [0.1, 0.15) is 0 Å². The lowest BCUT2D eigenvalue weighted by Crippen LogP contribution is -1.97. The number of nitrogens with zero attached hydrogens (tertiary/aromatic N) is 3. The summed E-state index contributed by atoms with van der Waals surface area (Å²) >= 11 is 3.27. The summed E-state index contributed by atoms with van der Waals surface area (Å²) in [5.41, 5.74) is 3.64. The van der Waals surface area contributed by atoms with Gasteiger partial charge < -0.3 is 9.84 Å². The van der Waals surface area contributed by atoms with Crippen LogP contribution in [-0.4, -0.2) is 28.6 Å². The number of halogens is 1. The van der Waals surface area contributed by atoms with Gasteiger partial charge in [-0.1, -0.05) is 24.3 Å². The number of aromatic hydroxyl groups is 1. The predicted octanol–water partition coefficient (Wildman–Crippen LogP) is 3.55. The maximum atomic E-state index is 9.79. The lowest BCUT2D eigenvalue weighted by molar-refractivity contribution is 0.372. The largest absolute Gasteiger partial charge is 0.503 e. The smallest absolute Gasteiger partial charge is 0.176 e. The van der Waals surface area contributed by atoms with Crippen LogP contribution < -0.4 is 10.2 Å². The van der Waals surface area contributed by atoms with Crippen molar-refractivity contribution < 1.29 is 9.84 Å². The first kappa shape index (κ1) is 15.2. The number of ether oxygens (including phenoxy) is 1. The fraction of sp³-hybridized carbons (Fsp3) is 0.0625. The number of rotatable bonds is 4. The molecule has 7 heteroatoms. The summed E-state index contributed by atoms with van der Waals surface area (Å²) in [6.07, 6.45) is 3.31. The molecule has 0 spiro atoms. The summed E-state index contributed by atoms with van der Waals surface area (Å²) in [5.74, 6) is 0.993. The molecule has 6 nitrogen and oxygen atoms in total. The molecule has 1 aromatic heterocycles. The molecule has 116 valence electrons. The van der Waals surface area contributed by atoms with Crippen molar-refractivity contribution in [3.63, 3.8) is 0 Å². The second-order valence-electron chi connectivity index (χ2n) is 4.70. The molecular formula is C16H13BrN4O2. The van der Waals surface area contributed by atoms with Gasteiger partial charge in [0.2, 0.25) is 0 Å². The summed E-state index contributed by atoms with van der Waals surface area (Å²) in [7, 11) is 1.49. The topological polar surface area (TPSA) is 79.6 Å². The number of methoxy groups -OCH3 is 1. The van der Waals surface area contributed by atoms with Crippen molar-refractivity contribution in [3.8, 4) is 11.5 Å². The van der Waals surface area contributed by atoms with E-state index in [1.54, 1.807) is 24.5 Å². The van der Waals surface area contributed by atoms with Gasteiger partial charge in [0.25, 0.3) is 0 Å². The van der Waals surface area contributed by atoms with Crippen LogP contribution in [0, 0.1) is 0 Å². The van der Waals surface area contributed by atoms with Gasteiger partial charge in [-0.2, -0.15) is 10.2 Å². The molecule has 1 heterocycles. The van der Waals surface area contributed by atoms with E-state index in [0.717, 1.165) is 16.3 Å². The Bertz CT molecular complexity index is 878. The minimum Gasteiger partial charge on any atom is -0.503 e. The van der Waals surface area contributed by atoms with E-state index in [9.17, 15) is 5.11 Å². The van der Waals surface area contributed by atoms with Crippen molar-refractivity contribution in [2.24, 2.45) is 5.10 Å². The first-order valence-electron chi connectivity index (χ1n) is 6.75. The van der Waals surface area contributed by atoms with Crippen LogP contribution in [0.1, 0.15) is 5.56 Å². The molecular weight excluding hydrogens is 360 g/mol. The second-order valence-corrected chi connectivity index (χ2v) is 5.56. The Balaban J connectivity index is 1.85. The summed E-state index contributed by atoms with van der Waals surface area (Å²) in [5, 5.41) is 23.9. The molecule has 0 fully saturated rings. The van der Waals surface area contributed by atoms with Crippen molar-refractivity contribution >= 4 is 38.7 Å². The lowest BCUT2D eigenvalue weighted by Gasteiger charge is -2.06. The maximum Gasteiger partial charge on any atom is 0.176 e. The van der Waals surface area contributed by atoms with Crippen LogP contribution in [0.5, 0.6) is 11.5 Å². The van der Waals surface area contributed by atoms with E-state index in [2.05, 4.69) is 36.7 Å². The van der Waals surface area contributed by atoms with Gasteiger partial charge >= 0.3 is 0 Å². The summed E-state index contributed by atoms with van der Waals surface area (Å²) in [6.45, 7) is 0. The van der Waals surface area contributed by atoms with E-state index in [4.69, 9.17) is 4.74 Å². The van der Waals surface area contributed by atoms with Crippen LogP contribution in [0.4, 0.5) is 5.82 Å². The normalized spacial score (nSPS) is 11.0. The number of nitrogens with one attached hydrogen (secondary N) is 1. The van der Waals surface area contributed by atoms with Crippen LogP contribution in [0.15, 0.2) is 52.2 Å². The highest BCUT2D eigenvalue weighted by Gasteiger charge is 2.07. The van der Waals surface area contributed by atoms with Crippen LogP contribution in [0.25, 0.3) is 10.8 Å². The van der Waals surface area contributed by atoms with Gasteiger partial charge in [-0.25, -0.2) is 0 Å². The number of hydrogen-bond donors (Lipinski definition) is 2. The fourth-order valence-electron chi connectivity index (χ4n) is 2.10. The van der Waals surface area contributed by atoms with Gasteiger partial charge in [-0.3, -0.25) is 5.43 Å². The number of phenolic OH excluding ortho intramolecular Hbond substituents is 1. The first-order valence-corrected chi connectivity index (χ1v) is 7.54. The Morgan fingerprint density at radius 2 is 2.13 bits per heavy atom. The van der Waals surface area contributed by atoms with Crippen molar-refractivity contribution in [1.82, 2.24) is 10.2 Å². The van der Waals surface area contributed by atoms with E-state index in [-0.39, 0.29) is 5.75 Å². The summed E-state index contributed by atoms with van der Waals surface area (Å²) in [6, 6.07) is 11.2. The molecule has 0 radical (unpaired) electrons. The van der Waals surface area contributed by atoms with E-state index in [1.165, 1.54) is 7.11 Å². The predicted molar refractivity (Wildman–Crippen MR) is 93.1 cm³/mol. The van der Waals surface area contributed by atoms with Gasteiger partial charge in [0.15, 0.2) is 17.3 Å². The van der Waals surface area contributed by atoms with Crippen molar-refractivity contribution in [1.29, 1.82) is 0 Å². The molecule has 3 aromatic rings. The Hall–Kier alpha value is -2.67. The first-order chi connectivity index (χ1) is 11.2. The van der Waals surface area contributed by atoms with Crippen LogP contribution in [0.3, 0.4) is 0 Å². The summed E-state index contributed by atoms with van der Waals surface area (Å²) in [4.78, 5) is 0. The van der Waals surface area contributed by atoms with Gasteiger partial charge in [0.05, 0.1) is 24.0 Å². The molecule has 0 bridgehead atoms. The summed E-state index contributed by atoms with van der Waals surface area (Å²) < 4.78 is 5.64. The van der Waals surface area contributed by atoms with Gasteiger partial charge in [-0.15, -0.1) is 5.10 Å². The zero-order chi connectivity index (χ0) is 16.2. The third kappa shape index (κ3) is 3.24. The highest BCUT2D eigenvalue weighted by molar-refractivity contribution is 9.10. The standard InChI is InChI=1S/C16H13BrN4O2/c1-23-14-7-10(6-13(17)15(14)22)8-18-20-16-12-5-3-2-4-11(12)9-19-21-16/h2-9,22H,1H3,(H,20,21)/b18-8+. The molecule has 0 aliphatic rings. The quantitative estimate of drug-likeness (QED) is 0.540. The molecule has 2 N–H and O–H groups in total. The minimum absolute atomic E-state index is 0.0533. The van der Waals surface area contributed by atoms with E-state index < -0.39 is 0 Å². The van der Waals surface area contributed by atoms with Gasteiger partial charge in [0, 0.05) is 10.8 Å². The average molecular weight is 373 g/mol. The van der Waals surface area contributed by atoms with E-state index in [1.807, 2.05) is 24.3 Å². The van der Waals surface area contributed by atoms with Crippen molar-refractivity contribution in [2.45, 2.75) is 0 Å². The molecule has 3 rings (SSSR count). The maximum absolute atomic E-state index is 9.79. The van der Waals surface area contributed by atoms with Crippen LogP contribution >= 0.6 is 15.9 Å². The number of hydrogen-bond acceptors (Lipinski definition) is 6. The molecule has 0 saturated heterocycles. The zero-order valence-corrected chi connectivity index (χ0v) is 13.8. The fourth-order valence-corrected chi connectivity index (χ4v) is 2.56. The van der Waals surface area contributed by atoms with E-state index in [0.29, 0.717) is 16.0 Å². The molecule has 0 saturated carbocycles. The minimum atomic E-state index is 0.0533. The highest BCUT2D eigenvalue weighted by Crippen LogP contribution is 2.34. The Kier molecular flexibility index (Phi) is 4.38. The molecule has 0 unspecified atom stereocenters. The number of anilines is 1. The number of fused-ring (bicyclic) bond motifs is 1. The Morgan fingerprint density at radius 1 is 1.30 bits per heavy atom. The molecule has 0 atom stereocenters. The monoisotopic (exact) mass is 372 g/mol. The van der Waals surface area contributed by atoms with E-state index >= 15 is 0 Å². The highest BCUT2D eigenvalue weighted by atomic mass is 79.9. The van der Waals surface area contributed by atoms with Crippen molar-refractivity contribution in [2.75, 3.05) is 12.5 Å². The van der Waals surface area contributed by atoms with Crippen molar-refractivity contribution in [3.05, 3.63) is 52.6 Å². The van der Waals surface area contributed by atoms with Gasteiger partial charge in [-0.05, 0) is 33.6 Å². The number of hydrazone groups is 1. The number of benzene rings is 2. The second kappa shape index (κ2) is 6.62. The van der Waals surface area contributed by atoms with Crippen LogP contribution in [0.2, 0.25) is 0 Å². The SMILES string of the molecule is COc1cc(/C=N/Nc2nncc3ccccc23)cc(Br)c1O. The molecule has 0 amide bonds. The molecule has 0 aliphatic heterocycles. The molecule has 0 aliphatic carbocycles. The third-order valence-corrected chi connectivity index (χ3v) is 3.83. The Morgan fingerprint density at radius 3 is 2.96 bits per heavy atom. The molecule has 2 aromatic carbocycles. The average Bonchev–Trinajstić information content (AvgIpc) is 2.58.